The van der Waals surface area contributed by atoms with Crippen molar-refractivity contribution in [2.45, 2.75) is 45.2 Å². The van der Waals surface area contributed by atoms with Crippen LogP contribution in [0.3, 0.4) is 0 Å². The number of hydrogen-bond acceptors (Lipinski definition) is 3. The lowest BCUT2D eigenvalue weighted by atomic mass is 9.84. The van der Waals surface area contributed by atoms with Crippen LogP contribution in [0.25, 0.3) is 0 Å². The first-order valence-electron chi connectivity index (χ1n) is 8.15. The average Bonchev–Trinajstić information content (AvgIpc) is 3.16. The van der Waals surface area contributed by atoms with Crippen LogP contribution >= 0.6 is 0 Å². The van der Waals surface area contributed by atoms with E-state index in [1.807, 2.05) is 17.7 Å². The van der Waals surface area contributed by atoms with Crippen LogP contribution in [0.2, 0.25) is 0 Å². The molecule has 0 aliphatic heterocycles. The second-order valence-electron chi connectivity index (χ2n) is 6.67. The molecule has 1 heterocycles. The molecule has 3 amide bonds. The Kier molecular flexibility index (Phi) is 5.63. The highest BCUT2D eigenvalue weighted by Gasteiger charge is 2.42. The van der Waals surface area contributed by atoms with Crippen molar-refractivity contribution in [3.8, 4) is 0 Å². The minimum Gasteiger partial charge on any atom is -0.348 e. The summed E-state index contributed by atoms with van der Waals surface area (Å²) in [5.74, 6) is 0.113. The lowest BCUT2D eigenvalue weighted by molar-refractivity contribution is -0.138. The molecule has 7 nitrogen and oxygen atoms in total. The zero-order valence-electron chi connectivity index (χ0n) is 14.2. The Morgan fingerprint density at radius 1 is 1.35 bits per heavy atom. The maximum atomic E-state index is 12.5. The van der Waals surface area contributed by atoms with E-state index in [2.05, 4.69) is 15.6 Å². The van der Waals surface area contributed by atoms with Crippen LogP contribution < -0.4 is 10.6 Å². The van der Waals surface area contributed by atoms with Gasteiger partial charge in [-0.2, -0.15) is 0 Å². The second-order valence-corrected chi connectivity index (χ2v) is 6.67. The van der Waals surface area contributed by atoms with Gasteiger partial charge in [0.05, 0.1) is 11.7 Å². The highest BCUT2D eigenvalue weighted by Crippen LogP contribution is 2.38. The first kappa shape index (κ1) is 17.3. The van der Waals surface area contributed by atoms with Crippen LogP contribution in [-0.2, 0) is 11.3 Å². The monoisotopic (exact) mass is 321 g/mol. The Morgan fingerprint density at radius 3 is 2.61 bits per heavy atom. The summed E-state index contributed by atoms with van der Waals surface area (Å²) in [5.41, 5.74) is -0.436. The lowest BCUT2D eigenvalue weighted by Gasteiger charge is -2.31. The van der Waals surface area contributed by atoms with E-state index in [0.717, 1.165) is 25.7 Å². The molecule has 23 heavy (non-hydrogen) atoms. The number of rotatable bonds is 6. The Hall–Kier alpha value is -2.05. The van der Waals surface area contributed by atoms with Gasteiger partial charge in [0.1, 0.15) is 0 Å². The summed E-state index contributed by atoms with van der Waals surface area (Å²) in [5, 5.41) is 5.79. The van der Waals surface area contributed by atoms with Crippen LogP contribution in [0.15, 0.2) is 18.7 Å². The van der Waals surface area contributed by atoms with Gasteiger partial charge in [-0.25, -0.2) is 9.78 Å². The zero-order valence-corrected chi connectivity index (χ0v) is 14.2. The third kappa shape index (κ3) is 4.46. The quantitative estimate of drug-likeness (QED) is 0.827. The third-order valence-electron chi connectivity index (χ3n) is 4.43. The van der Waals surface area contributed by atoms with Gasteiger partial charge in [-0.05, 0) is 19.8 Å². The van der Waals surface area contributed by atoms with Gasteiger partial charge in [0.15, 0.2) is 0 Å². The molecule has 1 saturated carbocycles. The van der Waals surface area contributed by atoms with E-state index < -0.39 is 5.41 Å². The molecule has 1 aliphatic rings. The summed E-state index contributed by atoms with van der Waals surface area (Å²) >= 11 is 0. The van der Waals surface area contributed by atoms with Crippen LogP contribution in [0.4, 0.5) is 4.79 Å². The van der Waals surface area contributed by atoms with Crippen molar-refractivity contribution in [1.82, 2.24) is 25.1 Å². The van der Waals surface area contributed by atoms with Gasteiger partial charge in [0, 0.05) is 45.6 Å². The normalized spacial score (nSPS) is 17.5. The fraction of sp³-hybridized carbons (Fsp3) is 0.688. The topological polar surface area (TPSA) is 79.3 Å². The van der Waals surface area contributed by atoms with Gasteiger partial charge in [-0.1, -0.05) is 12.8 Å². The number of carbonyl (C=O) groups excluding carboxylic acids is 2. The summed E-state index contributed by atoms with van der Waals surface area (Å²) in [7, 11) is 3.55. The molecule has 7 heteroatoms. The predicted octanol–water partition coefficient (Wildman–Crippen LogP) is 1.22. The number of amides is 3. The largest absolute Gasteiger partial charge is 0.348 e. The molecule has 2 N–H and O–H groups in total. The highest BCUT2D eigenvalue weighted by molar-refractivity contribution is 5.84. The van der Waals surface area contributed by atoms with E-state index in [1.54, 1.807) is 31.5 Å². The van der Waals surface area contributed by atoms with E-state index in [9.17, 15) is 9.59 Å². The van der Waals surface area contributed by atoms with Crippen molar-refractivity contribution in [1.29, 1.82) is 0 Å². The van der Waals surface area contributed by atoms with Crippen LogP contribution in [0.5, 0.6) is 0 Å². The molecule has 0 aromatic carbocycles. The van der Waals surface area contributed by atoms with E-state index in [-0.39, 0.29) is 18.0 Å². The van der Waals surface area contributed by atoms with E-state index >= 15 is 0 Å². The Bertz CT molecular complexity index is 521. The summed E-state index contributed by atoms with van der Waals surface area (Å²) in [6.45, 7) is 3.00. The van der Waals surface area contributed by atoms with Crippen LogP contribution in [0.1, 0.15) is 32.6 Å². The number of nitrogens with one attached hydrogen (secondary N) is 2. The predicted molar refractivity (Wildman–Crippen MR) is 87.8 cm³/mol. The first-order chi connectivity index (χ1) is 10.9. The standard InChI is InChI=1S/C16H27N5O2/c1-13(10-21-9-8-17-12-21)19-15(23)18-11-16(6-4-5-7-16)14(22)20(2)3/h8-9,12-13H,4-7,10-11H2,1-3H3,(H2,18,19,23)/t13-/m1/s1. The van der Waals surface area contributed by atoms with Crippen molar-refractivity contribution < 1.29 is 9.59 Å². The molecule has 2 rings (SSSR count). The van der Waals surface area contributed by atoms with Gasteiger partial charge in [-0.3, -0.25) is 4.79 Å². The minimum absolute atomic E-state index is 0.0201. The molecular formula is C16H27N5O2. The molecule has 1 aliphatic carbocycles. The Labute approximate surface area is 137 Å². The number of urea groups is 1. The molecule has 1 aromatic heterocycles. The fourth-order valence-corrected chi connectivity index (χ4v) is 3.27. The maximum absolute atomic E-state index is 12.5. The second kappa shape index (κ2) is 7.48. The molecule has 1 atom stereocenters. The molecule has 0 radical (unpaired) electrons. The Morgan fingerprint density at radius 2 is 2.04 bits per heavy atom. The molecule has 0 bridgehead atoms. The SMILES string of the molecule is C[C@H](Cn1ccnc1)NC(=O)NCC1(C(=O)N(C)C)CCCC1. The van der Waals surface area contributed by atoms with Crippen molar-refractivity contribution >= 4 is 11.9 Å². The fourth-order valence-electron chi connectivity index (χ4n) is 3.27. The highest BCUT2D eigenvalue weighted by atomic mass is 16.2. The minimum atomic E-state index is -0.436. The number of imidazole rings is 1. The average molecular weight is 321 g/mol. The first-order valence-corrected chi connectivity index (χ1v) is 8.15. The Balaban J connectivity index is 1.83. The van der Waals surface area contributed by atoms with E-state index in [0.29, 0.717) is 13.1 Å². The molecule has 1 fully saturated rings. The van der Waals surface area contributed by atoms with Crippen molar-refractivity contribution in [2.75, 3.05) is 20.6 Å². The number of hydrogen-bond donors (Lipinski definition) is 2. The summed E-state index contributed by atoms with van der Waals surface area (Å²) in [4.78, 5) is 30.2. The number of carbonyl (C=O) groups is 2. The van der Waals surface area contributed by atoms with Crippen LogP contribution in [0, 0.1) is 5.41 Å². The van der Waals surface area contributed by atoms with Crippen LogP contribution in [-0.4, -0.2) is 53.1 Å². The molecule has 0 saturated heterocycles. The third-order valence-corrected chi connectivity index (χ3v) is 4.43. The van der Waals surface area contributed by atoms with E-state index in [1.165, 1.54) is 0 Å². The smallest absolute Gasteiger partial charge is 0.315 e. The maximum Gasteiger partial charge on any atom is 0.315 e. The number of nitrogens with zero attached hydrogens (tertiary/aromatic N) is 3. The zero-order chi connectivity index (χ0) is 16.9. The van der Waals surface area contributed by atoms with Gasteiger partial charge in [0.25, 0.3) is 0 Å². The summed E-state index contributed by atoms with van der Waals surface area (Å²) in [6.07, 6.45) is 9.06. The molecule has 0 unspecified atom stereocenters. The molecule has 128 valence electrons. The summed E-state index contributed by atoms with van der Waals surface area (Å²) < 4.78 is 1.92. The number of aromatic nitrogens is 2. The molecular weight excluding hydrogens is 294 g/mol. The van der Waals surface area contributed by atoms with Gasteiger partial charge < -0.3 is 20.1 Å². The molecule has 1 aromatic rings. The van der Waals surface area contributed by atoms with Crippen molar-refractivity contribution in [3.05, 3.63) is 18.7 Å². The van der Waals surface area contributed by atoms with Gasteiger partial charge in [-0.15, -0.1) is 0 Å². The van der Waals surface area contributed by atoms with Crippen molar-refractivity contribution in [2.24, 2.45) is 5.41 Å². The van der Waals surface area contributed by atoms with Gasteiger partial charge >= 0.3 is 6.03 Å². The lowest BCUT2D eigenvalue weighted by Crippen LogP contribution is -2.50. The van der Waals surface area contributed by atoms with Crippen molar-refractivity contribution in [3.63, 3.8) is 0 Å². The summed E-state index contributed by atoms with van der Waals surface area (Å²) in [6, 6.07) is -0.247. The van der Waals surface area contributed by atoms with E-state index in [4.69, 9.17) is 0 Å². The van der Waals surface area contributed by atoms with Gasteiger partial charge in [0.2, 0.25) is 5.91 Å². The molecule has 0 spiro atoms.